The Bertz CT molecular complexity index is 255. The fraction of sp³-hybridized carbons (Fsp3) is 0.250. The molecule has 4 heteroatoms. The van der Waals surface area contributed by atoms with Crippen LogP contribution in [0, 0.1) is 0 Å². The highest BCUT2D eigenvalue weighted by atomic mass is 35.5. The van der Waals surface area contributed by atoms with Gasteiger partial charge >= 0.3 is 0 Å². The fourth-order valence-electron chi connectivity index (χ4n) is 1.03. The van der Waals surface area contributed by atoms with Crippen LogP contribution in [0.25, 0.3) is 0 Å². The van der Waals surface area contributed by atoms with E-state index in [-0.39, 0.29) is 0 Å². The number of halogens is 1. The first-order valence-corrected chi connectivity index (χ1v) is 3.99. The van der Waals surface area contributed by atoms with Gasteiger partial charge in [0.05, 0.1) is 23.1 Å². The molecule has 1 aromatic rings. The number of nitrogens with zero attached hydrogens (tertiary/aromatic N) is 1. The second-order valence-corrected chi connectivity index (χ2v) is 2.97. The van der Waals surface area contributed by atoms with Crippen LogP contribution in [-0.2, 0) is 0 Å². The second kappa shape index (κ2) is 3.65. The van der Waals surface area contributed by atoms with E-state index in [0.29, 0.717) is 17.4 Å². The van der Waals surface area contributed by atoms with E-state index in [1.807, 2.05) is 13.1 Å². The van der Waals surface area contributed by atoms with Crippen molar-refractivity contribution < 1.29 is 0 Å². The Morgan fingerprint density at radius 3 is 2.67 bits per heavy atom. The number of anilines is 2. The minimum Gasteiger partial charge on any atom is -0.397 e. The van der Waals surface area contributed by atoms with Crippen molar-refractivity contribution in [3.05, 3.63) is 23.2 Å². The molecule has 0 unspecified atom stereocenters. The zero-order valence-electron chi connectivity index (χ0n) is 6.92. The highest BCUT2D eigenvalue weighted by molar-refractivity contribution is 6.33. The van der Waals surface area contributed by atoms with Gasteiger partial charge < -0.3 is 16.4 Å². The maximum absolute atomic E-state index is 5.93. The molecular formula is C8H12ClN3. The third-order valence-electron chi connectivity index (χ3n) is 1.67. The molecule has 4 N–H and O–H groups in total. The first kappa shape index (κ1) is 9.16. The van der Waals surface area contributed by atoms with Crippen molar-refractivity contribution >= 4 is 23.0 Å². The largest absolute Gasteiger partial charge is 0.397 e. The van der Waals surface area contributed by atoms with E-state index in [9.17, 15) is 0 Å². The van der Waals surface area contributed by atoms with E-state index >= 15 is 0 Å². The lowest BCUT2D eigenvalue weighted by molar-refractivity contribution is 0.935. The maximum Gasteiger partial charge on any atom is 0.0796 e. The topological polar surface area (TPSA) is 55.3 Å². The number of hydrogen-bond donors (Lipinski definition) is 2. The summed E-state index contributed by atoms with van der Waals surface area (Å²) in [6, 6.07) is 5.40. The Kier molecular flexibility index (Phi) is 2.78. The van der Waals surface area contributed by atoms with E-state index in [0.717, 1.165) is 5.69 Å². The van der Waals surface area contributed by atoms with Gasteiger partial charge in [-0.1, -0.05) is 17.7 Å². The van der Waals surface area contributed by atoms with Gasteiger partial charge in [0, 0.05) is 7.05 Å². The lowest BCUT2D eigenvalue weighted by Gasteiger charge is -2.19. The van der Waals surface area contributed by atoms with Gasteiger partial charge in [-0.15, -0.1) is 0 Å². The standard InChI is InChI=1S/C8H12ClN3/c1-12(5-10)8-6(9)3-2-4-7(8)11/h2-4H,5,10-11H2,1H3. The number of rotatable bonds is 2. The van der Waals surface area contributed by atoms with Crippen molar-refractivity contribution in [1.82, 2.24) is 0 Å². The Hall–Kier alpha value is -0.930. The second-order valence-electron chi connectivity index (χ2n) is 2.56. The van der Waals surface area contributed by atoms with E-state index in [1.165, 1.54) is 0 Å². The monoisotopic (exact) mass is 185 g/mol. The summed E-state index contributed by atoms with van der Waals surface area (Å²) in [7, 11) is 1.84. The first-order chi connectivity index (χ1) is 5.66. The molecule has 0 aliphatic rings. The molecule has 0 bridgehead atoms. The van der Waals surface area contributed by atoms with Crippen molar-refractivity contribution in [1.29, 1.82) is 0 Å². The van der Waals surface area contributed by atoms with Crippen LogP contribution in [0.1, 0.15) is 0 Å². The average Bonchev–Trinajstić information content (AvgIpc) is 2.03. The van der Waals surface area contributed by atoms with Crippen LogP contribution in [0.5, 0.6) is 0 Å². The van der Waals surface area contributed by atoms with Crippen molar-refractivity contribution in [2.75, 3.05) is 24.3 Å². The fourth-order valence-corrected chi connectivity index (χ4v) is 1.35. The van der Waals surface area contributed by atoms with Crippen molar-refractivity contribution in [2.24, 2.45) is 5.73 Å². The predicted octanol–water partition coefficient (Wildman–Crippen LogP) is 1.27. The third kappa shape index (κ3) is 1.62. The van der Waals surface area contributed by atoms with Crippen molar-refractivity contribution in [2.45, 2.75) is 0 Å². The molecule has 0 aromatic heterocycles. The smallest absolute Gasteiger partial charge is 0.0796 e. The van der Waals surface area contributed by atoms with Gasteiger partial charge in [0.2, 0.25) is 0 Å². The van der Waals surface area contributed by atoms with Crippen LogP contribution >= 0.6 is 11.6 Å². The van der Waals surface area contributed by atoms with Gasteiger partial charge in [-0.05, 0) is 12.1 Å². The van der Waals surface area contributed by atoms with E-state index in [2.05, 4.69) is 0 Å². The van der Waals surface area contributed by atoms with Gasteiger partial charge in [0.15, 0.2) is 0 Å². The Labute approximate surface area is 76.9 Å². The van der Waals surface area contributed by atoms with E-state index in [4.69, 9.17) is 23.1 Å². The molecule has 0 aliphatic heterocycles. The Morgan fingerprint density at radius 2 is 2.17 bits per heavy atom. The average molecular weight is 186 g/mol. The van der Waals surface area contributed by atoms with Crippen LogP contribution in [0.2, 0.25) is 5.02 Å². The van der Waals surface area contributed by atoms with Crippen molar-refractivity contribution in [3.8, 4) is 0 Å². The van der Waals surface area contributed by atoms with Gasteiger partial charge in [0.25, 0.3) is 0 Å². The zero-order chi connectivity index (χ0) is 9.14. The summed E-state index contributed by atoms with van der Waals surface area (Å²) < 4.78 is 0. The molecule has 0 saturated heterocycles. The number of benzene rings is 1. The normalized spacial score (nSPS) is 9.92. The van der Waals surface area contributed by atoms with Crippen LogP contribution in [0.15, 0.2) is 18.2 Å². The summed E-state index contributed by atoms with van der Waals surface area (Å²) >= 11 is 5.93. The molecule has 0 atom stereocenters. The molecule has 0 fully saturated rings. The summed E-state index contributed by atoms with van der Waals surface area (Å²) in [6.07, 6.45) is 0. The number of hydrogen-bond acceptors (Lipinski definition) is 3. The minimum absolute atomic E-state index is 0.397. The molecule has 0 spiro atoms. The summed E-state index contributed by atoms with van der Waals surface area (Å²) in [5.74, 6) is 0. The molecule has 12 heavy (non-hydrogen) atoms. The molecule has 0 saturated carbocycles. The zero-order valence-corrected chi connectivity index (χ0v) is 7.67. The molecule has 0 amide bonds. The van der Waals surface area contributed by atoms with Crippen molar-refractivity contribution in [3.63, 3.8) is 0 Å². The third-order valence-corrected chi connectivity index (χ3v) is 1.98. The van der Waals surface area contributed by atoms with E-state index < -0.39 is 0 Å². The van der Waals surface area contributed by atoms with Gasteiger partial charge in [-0.25, -0.2) is 0 Å². The highest BCUT2D eigenvalue weighted by Gasteiger charge is 2.07. The maximum atomic E-state index is 5.93. The molecule has 1 rings (SSSR count). The van der Waals surface area contributed by atoms with Crippen LogP contribution in [0.4, 0.5) is 11.4 Å². The van der Waals surface area contributed by atoms with Gasteiger partial charge in [-0.2, -0.15) is 0 Å². The summed E-state index contributed by atoms with van der Waals surface area (Å²) in [5, 5.41) is 0.628. The van der Waals surface area contributed by atoms with Crippen LogP contribution in [0.3, 0.4) is 0 Å². The predicted molar refractivity (Wildman–Crippen MR) is 53.3 cm³/mol. The summed E-state index contributed by atoms with van der Waals surface area (Å²) in [5.41, 5.74) is 12.6. The first-order valence-electron chi connectivity index (χ1n) is 3.62. The molecule has 0 heterocycles. The molecular weight excluding hydrogens is 174 g/mol. The summed E-state index contributed by atoms with van der Waals surface area (Å²) in [4.78, 5) is 1.80. The lowest BCUT2D eigenvalue weighted by atomic mass is 10.2. The molecule has 3 nitrogen and oxygen atoms in total. The quantitative estimate of drug-likeness (QED) is 0.539. The minimum atomic E-state index is 0.397. The van der Waals surface area contributed by atoms with Gasteiger partial charge in [0.1, 0.15) is 0 Å². The van der Waals surface area contributed by atoms with Crippen LogP contribution in [-0.4, -0.2) is 13.7 Å². The molecule has 66 valence electrons. The van der Waals surface area contributed by atoms with Crippen LogP contribution < -0.4 is 16.4 Å². The van der Waals surface area contributed by atoms with E-state index in [1.54, 1.807) is 17.0 Å². The number of nitrogens with two attached hydrogens (primary N) is 2. The molecule has 0 radical (unpaired) electrons. The number of nitrogen functional groups attached to an aromatic ring is 1. The highest BCUT2D eigenvalue weighted by Crippen LogP contribution is 2.30. The summed E-state index contributed by atoms with van der Waals surface area (Å²) in [6.45, 7) is 0.397. The Balaban J connectivity index is 3.12. The Morgan fingerprint density at radius 1 is 1.50 bits per heavy atom. The molecule has 0 aliphatic carbocycles. The molecule has 1 aromatic carbocycles. The van der Waals surface area contributed by atoms with Gasteiger partial charge in [-0.3, -0.25) is 0 Å². The number of para-hydroxylation sites is 1. The SMILES string of the molecule is CN(CN)c1c(N)cccc1Cl. The lowest BCUT2D eigenvalue weighted by Crippen LogP contribution is -2.26.